The summed E-state index contributed by atoms with van der Waals surface area (Å²) in [5, 5.41) is 0. The van der Waals surface area contributed by atoms with Crippen molar-refractivity contribution >= 4 is 41.6 Å². The number of fused-ring (bicyclic) bond motifs is 3. The third-order valence-corrected chi connectivity index (χ3v) is 4.77. The first-order chi connectivity index (χ1) is 12.2. The van der Waals surface area contributed by atoms with E-state index in [0.29, 0.717) is 0 Å². The summed E-state index contributed by atoms with van der Waals surface area (Å²) in [7, 11) is 4.24. The first-order valence-corrected chi connectivity index (χ1v) is 8.89. The summed E-state index contributed by atoms with van der Waals surface area (Å²) in [5.41, 5.74) is 6.07. The van der Waals surface area contributed by atoms with Crippen LogP contribution in [0.15, 0.2) is 54.6 Å². The van der Waals surface area contributed by atoms with E-state index in [1.54, 1.807) is 0 Å². The van der Waals surface area contributed by atoms with Crippen LogP contribution in [-0.4, -0.2) is 39.5 Å². The monoisotopic (exact) mass is 404 g/mol. The summed E-state index contributed by atoms with van der Waals surface area (Å²) in [6.07, 6.45) is 0.968. The Morgan fingerprint density at radius 2 is 1.52 bits per heavy atom. The molecule has 0 bridgehead atoms. The molecule has 0 N–H and O–H groups in total. The van der Waals surface area contributed by atoms with Gasteiger partial charge in [-0.1, -0.05) is 42.5 Å². The molecule has 2 heterocycles. The molecule has 0 aliphatic heterocycles. The van der Waals surface area contributed by atoms with Crippen LogP contribution >= 0.6 is 24.8 Å². The number of benzene rings is 2. The zero-order valence-corrected chi connectivity index (χ0v) is 17.6. The lowest BCUT2D eigenvalue weighted by molar-refractivity contribution is 0.412. The Balaban J connectivity index is 0.00000131. The second kappa shape index (κ2) is 8.79. The number of aryl methyl sites for hydroxylation is 1. The Hall–Kier alpha value is -2.01. The summed E-state index contributed by atoms with van der Waals surface area (Å²) < 4.78 is 4.66. The second-order valence-electron chi connectivity index (χ2n) is 6.69. The minimum atomic E-state index is 0. The second-order valence-corrected chi connectivity index (χ2v) is 6.69. The van der Waals surface area contributed by atoms with Crippen LogP contribution in [-0.2, 0) is 13.0 Å². The zero-order valence-electron chi connectivity index (χ0n) is 15.9. The molecule has 144 valence electrons. The number of para-hydroxylation sites is 2. The maximum absolute atomic E-state index is 5.08. The van der Waals surface area contributed by atoms with Crippen molar-refractivity contribution in [2.45, 2.75) is 19.9 Å². The van der Waals surface area contributed by atoms with Gasteiger partial charge in [0.2, 0.25) is 5.78 Å². The fraction of sp³-hybridized carbons (Fsp3) is 0.286. The molecule has 0 unspecified atom stereocenters. The molecule has 2 aromatic carbocycles. The molecule has 27 heavy (non-hydrogen) atoms. The maximum Gasteiger partial charge on any atom is 0.215 e. The third-order valence-electron chi connectivity index (χ3n) is 4.77. The molecule has 4 nitrogen and oxygen atoms in total. The summed E-state index contributed by atoms with van der Waals surface area (Å²) in [4.78, 5) is 7.31. The van der Waals surface area contributed by atoms with Crippen LogP contribution in [0.4, 0.5) is 0 Å². The topological polar surface area (TPSA) is 25.5 Å². The van der Waals surface area contributed by atoms with Gasteiger partial charge in [0.15, 0.2) is 0 Å². The third kappa shape index (κ3) is 3.70. The van der Waals surface area contributed by atoms with Crippen molar-refractivity contribution in [2.75, 3.05) is 20.6 Å². The number of halogens is 2. The van der Waals surface area contributed by atoms with Gasteiger partial charge in [-0.05, 0) is 33.2 Å². The highest BCUT2D eigenvalue weighted by Gasteiger charge is 2.20. The van der Waals surface area contributed by atoms with Crippen LogP contribution in [0.1, 0.15) is 12.6 Å². The molecule has 0 radical (unpaired) electrons. The van der Waals surface area contributed by atoms with Gasteiger partial charge in [-0.2, -0.15) is 0 Å². The highest BCUT2D eigenvalue weighted by molar-refractivity contribution is 5.86. The van der Waals surface area contributed by atoms with Crippen molar-refractivity contribution < 1.29 is 0 Å². The van der Waals surface area contributed by atoms with E-state index >= 15 is 0 Å². The number of likely N-dealkylation sites (N-methyl/N-ethyl adjacent to an activating group) is 1. The van der Waals surface area contributed by atoms with Crippen LogP contribution in [0, 0.1) is 0 Å². The molecule has 4 aromatic rings. The van der Waals surface area contributed by atoms with Crippen LogP contribution in [0.5, 0.6) is 0 Å². The number of aromatic nitrogens is 3. The first kappa shape index (κ1) is 21.3. The normalized spacial score (nSPS) is 11.0. The summed E-state index contributed by atoms with van der Waals surface area (Å²) >= 11 is 0. The molecule has 0 aliphatic carbocycles. The Morgan fingerprint density at radius 1 is 0.889 bits per heavy atom. The average molecular weight is 405 g/mol. The minimum Gasteiger partial charge on any atom is -0.310 e. The Kier molecular flexibility index (Phi) is 6.93. The highest BCUT2D eigenvalue weighted by atomic mass is 35.5. The van der Waals surface area contributed by atoms with Crippen molar-refractivity contribution in [3.05, 3.63) is 60.3 Å². The molecule has 0 saturated heterocycles. The average Bonchev–Trinajstić information content (AvgIpc) is 3.15. The van der Waals surface area contributed by atoms with Crippen LogP contribution in [0.2, 0.25) is 0 Å². The van der Waals surface area contributed by atoms with E-state index in [4.69, 9.17) is 4.98 Å². The van der Waals surface area contributed by atoms with Gasteiger partial charge in [-0.3, -0.25) is 4.40 Å². The lowest BCUT2D eigenvalue weighted by Gasteiger charge is -2.10. The fourth-order valence-electron chi connectivity index (χ4n) is 3.56. The van der Waals surface area contributed by atoms with Crippen LogP contribution < -0.4 is 0 Å². The standard InChI is InChI=1S/C21H24N4.2ClH/c1-4-24-17-12-8-9-13-18(17)25-19(14-15-23(2)3)20(22-21(24)25)16-10-6-5-7-11-16;;/h5-13H,4,14-15H2,1-3H3;2*1H. The van der Waals surface area contributed by atoms with E-state index in [2.05, 4.69) is 89.5 Å². The predicted molar refractivity (Wildman–Crippen MR) is 119 cm³/mol. The van der Waals surface area contributed by atoms with Gasteiger partial charge in [-0.15, -0.1) is 24.8 Å². The molecule has 2 aromatic heterocycles. The van der Waals surface area contributed by atoms with E-state index in [0.717, 1.165) is 31.0 Å². The fourth-order valence-corrected chi connectivity index (χ4v) is 3.56. The summed E-state index contributed by atoms with van der Waals surface area (Å²) in [6, 6.07) is 19.1. The van der Waals surface area contributed by atoms with Crippen molar-refractivity contribution in [2.24, 2.45) is 0 Å². The quantitative estimate of drug-likeness (QED) is 0.471. The first-order valence-electron chi connectivity index (χ1n) is 8.89. The molecular weight excluding hydrogens is 379 g/mol. The molecule has 6 heteroatoms. The van der Waals surface area contributed by atoms with Gasteiger partial charge < -0.3 is 9.47 Å². The molecule has 0 spiro atoms. The number of hydrogen-bond donors (Lipinski definition) is 0. The molecule has 0 fully saturated rings. The van der Waals surface area contributed by atoms with E-state index in [1.807, 2.05) is 0 Å². The lowest BCUT2D eigenvalue weighted by atomic mass is 10.1. The number of hydrogen-bond acceptors (Lipinski definition) is 2. The predicted octanol–water partition coefficient (Wildman–Crippen LogP) is 4.92. The number of rotatable bonds is 5. The maximum atomic E-state index is 5.08. The van der Waals surface area contributed by atoms with E-state index in [1.165, 1.54) is 22.3 Å². The summed E-state index contributed by atoms with van der Waals surface area (Å²) in [6.45, 7) is 4.09. The van der Waals surface area contributed by atoms with Crippen molar-refractivity contribution in [3.63, 3.8) is 0 Å². The molecule has 0 atom stereocenters. The summed E-state index contributed by atoms with van der Waals surface area (Å²) in [5.74, 6) is 1.04. The van der Waals surface area contributed by atoms with Crippen molar-refractivity contribution in [1.29, 1.82) is 0 Å². The molecule has 0 amide bonds. The van der Waals surface area contributed by atoms with Gasteiger partial charge >= 0.3 is 0 Å². The zero-order chi connectivity index (χ0) is 17.4. The lowest BCUT2D eigenvalue weighted by Crippen LogP contribution is -2.16. The van der Waals surface area contributed by atoms with Gasteiger partial charge in [0.1, 0.15) is 0 Å². The molecule has 4 rings (SSSR count). The molecule has 0 aliphatic rings. The highest BCUT2D eigenvalue weighted by Crippen LogP contribution is 2.30. The van der Waals surface area contributed by atoms with Gasteiger partial charge in [-0.25, -0.2) is 4.98 Å². The number of nitrogens with zero attached hydrogens (tertiary/aromatic N) is 4. The SMILES string of the molecule is CCn1c2ccccc2n2c(CCN(C)C)c(-c3ccccc3)nc12.Cl.Cl. The molecular formula is C21H26Cl2N4. The van der Waals surface area contributed by atoms with E-state index < -0.39 is 0 Å². The van der Waals surface area contributed by atoms with Gasteiger partial charge in [0.05, 0.1) is 22.4 Å². The Morgan fingerprint density at radius 3 is 2.15 bits per heavy atom. The van der Waals surface area contributed by atoms with Crippen molar-refractivity contribution in [3.8, 4) is 11.3 Å². The van der Waals surface area contributed by atoms with Crippen LogP contribution in [0.3, 0.4) is 0 Å². The Labute approximate surface area is 172 Å². The van der Waals surface area contributed by atoms with Crippen molar-refractivity contribution in [1.82, 2.24) is 18.9 Å². The largest absolute Gasteiger partial charge is 0.310 e. The van der Waals surface area contributed by atoms with Gasteiger partial charge in [0, 0.05) is 25.1 Å². The number of imidazole rings is 2. The van der Waals surface area contributed by atoms with E-state index in [9.17, 15) is 0 Å². The van der Waals surface area contributed by atoms with Crippen LogP contribution in [0.25, 0.3) is 28.1 Å². The van der Waals surface area contributed by atoms with E-state index in [-0.39, 0.29) is 24.8 Å². The smallest absolute Gasteiger partial charge is 0.215 e. The van der Waals surface area contributed by atoms with Gasteiger partial charge in [0.25, 0.3) is 0 Å². The Bertz CT molecular complexity index is 1020. The molecule has 0 saturated carbocycles. The minimum absolute atomic E-state index is 0.